The van der Waals surface area contributed by atoms with Crippen LogP contribution >= 0.6 is 0 Å². The van der Waals surface area contributed by atoms with Crippen LogP contribution in [0.5, 0.6) is 23.0 Å². The van der Waals surface area contributed by atoms with Gasteiger partial charge >= 0.3 is 0 Å². The smallest absolute Gasteiger partial charge is 0.163 e. The number of benzene rings is 2. The lowest BCUT2D eigenvalue weighted by atomic mass is 10.0. The van der Waals surface area contributed by atoms with Crippen LogP contribution in [0.2, 0.25) is 0 Å². The highest BCUT2D eigenvalue weighted by Crippen LogP contribution is 2.31. The molecule has 164 valence electrons. The molecule has 0 aromatic heterocycles. The summed E-state index contributed by atoms with van der Waals surface area (Å²) >= 11 is 0. The van der Waals surface area contributed by atoms with Gasteiger partial charge < -0.3 is 19.7 Å². The van der Waals surface area contributed by atoms with E-state index in [2.05, 4.69) is 0 Å². The fourth-order valence-corrected chi connectivity index (χ4v) is 3.16. The Morgan fingerprint density at radius 3 is 1.48 bits per heavy atom. The van der Waals surface area contributed by atoms with E-state index in [9.17, 15) is 19.8 Å². The standard InChI is InChI=1S/C25H28O6/c1-5-16-11-22(28)24(30-3)13-18(16)7-9-20(26)15-21(27)10-8-19-14-25(31-4)23(29)12-17(19)6-2/h7-14,28-29H,5-6,15H2,1-4H3/b9-7+,10-8+. The number of carbonyl (C=O) groups excluding carboxylic acids is 2. The lowest BCUT2D eigenvalue weighted by Gasteiger charge is -2.09. The Hall–Kier alpha value is -3.54. The first-order valence-corrected chi connectivity index (χ1v) is 10.0. The van der Waals surface area contributed by atoms with Crippen LogP contribution in [0, 0.1) is 0 Å². The van der Waals surface area contributed by atoms with Gasteiger partial charge in [-0.3, -0.25) is 9.59 Å². The SMILES string of the molecule is CCc1cc(O)c(OC)cc1/C=C/C(=O)CC(=O)/C=C/c1cc(OC)c(O)cc1CC. The van der Waals surface area contributed by atoms with Crippen molar-refractivity contribution < 1.29 is 29.3 Å². The minimum absolute atomic E-state index is 0.0421. The molecule has 0 spiro atoms. The molecule has 2 rings (SSSR count). The van der Waals surface area contributed by atoms with Gasteiger partial charge in [0.05, 0.1) is 20.6 Å². The molecule has 2 aromatic carbocycles. The summed E-state index contributed by atoms with van der Waals surface area (Å²) in [6.07, 6.45) is 7.04. The molecule has 2 N–H and O–H groups in total. The first-order chi connectivity index (χ1) is 14.8. The fraction of sp³-hybridized carbons (Fsp3) is 0.280. The molecule has 0 heterocycles. The highest BCUT2D eigenvalue weighted by Gasteiger charge is 2.10. The van der Waals surface area contributed by atoms with E-state index in [0.29, 0.717) is 24.3 Å². The second-order valence-corrected chi connectivity index (χ2v) is 6.93. The normalized spacial score (nSPS) is 11.2. The third kappa shape index (κ3) is 6.22. The Kier molecular flexibility index (Phi) is 8.43. The van der Waals surface area contributed by atoms with Gasteiger partial charge in [0.15, 0.2) is 34.6 Å². The quantitative estimate of drug-likeness (QED) is 0.431. The van der Waals surface area contributed by atoms with E-state index in [1.807, 2.05) is 13.8 Å². The van der Waals surface area contributed by atoms with Crippen LogP contribution in [0.15, 0.2) is 36.4 Å². The van der Waals surface area contributed by atoms with Crippen LogP contribution in [0.1, 0.15) is 42.5 Å². The van der Waals surface area contributed by atoms with Gasteiger partial charge in [-0.1, -0.05) is 26.0 Å². The van der Waals surface area contributed by atoms with Crippen LogP contribution < -0.4 is 9.47 Å². The van der Waals surface area contributed by atoms with Crippen LogP contribution in [-0.4, -0.2) is 36.0 Å². The molecule has 0 atom stereocenters. The predicted octanol–water partition coefficient (Wildman–Crippen LogP) is 4.49. The molecule has 6 heteroatoms. The Bertz CT molecular complexity index is 936. The van der Waals surface area contributed by atoms with Crippen molar-refractivity contribution in [3.63, 3.8) is 0 Å². The number of phenols is 2. The van der Waals surface area contributed by atoms with Gasteiger partial charge in [0, 0.05) is 0 Å². The summed E-state index contributed by atoms with van der Waals surface area (Å²) in [4.78, 5) is 24.5. The first-order valence-electron chi connectivity index (χ1n) is 10.0. The average Bonchev–Trinajstić information content (AvgIpc) is 2.76. The molecule has 2 aromatic rings. The third-order valence-electron chi connectivity index (χ3n) is 4.89. The molecule has 0 saturated heterocycles. The van der Waals surface area contributed by atoms with Crippen LogP contribution in [0.4, 0.5) is 0 Å². The number of aromatic hydroxyl groups is 2. The van der Waals surface area contributed by atoms with E-state index >= 15 is 0 Å². The van der Waals surface area contributed by atoms with E-state index in [1.165, 1.54) is 26.4 Å². The number of aryl methyl sites for hydroxylation is 2. The van der Waals surface area contributed by atoms with Crippen molar-refractivity contribution in [3.8, 4) is 23.0 Å². The number of ether oxygens (including phenoxy) is 2. The Balaban J connectivity index is 2.11. The number of hydrogen-bond acceptors (Lipinski definition) is 6. The molecule has 0 aliphatic heterocycles. The minimum Gasteiger partial charge on any atom is -0.504 e. The monoisotopic (exact) mass is 424 g/mol. The van der Waals surface area contributed by atoms with Crippen molar-refractivity contribution in [1.29, 1.82) is 0 Å². The molecule has 6 nitrogen and oxygen atoms in total. The van der Waals surface area contributed by atoms with Crippen LogP contribution in [-0.2, 0) is 22.4 Å². The second-order valence-electron chi connectivity index (χ2n) is 6.93. The molecule has 0 unspecified atom stereocenters. The van der Waals surface area contributed by atoms with Crippen molar-refractivity contribution in [1.82, 2.24) is 0 Å². The number of carbonyl (C=O) groups is 2. The summed E-state index contributed by atoms with van der Waals surface area (Å²) in [6.45, 7) is 3.88. The number of ketones is 2. The second kappa shape index (κ2) is 11.0. The van der Waals surface area contributed by atoms with Gasteiger partial charge in [-0.2, -0.15) is 0 Å². The average molecular weight is 424 g/mol. The van der Waals surface area contributed by atoms with Gasteiger partial charge in [-0.05, 0) is 71.5 Å². The van der Waals surface area contributed by atoms with Crippen LogP contribution in [0.25, 0.3) is 12.2 Å². The lowest BCUT2D eigenvalue weighted by molar-refractivity contribution is -0.121. The van der Waals surface area contributed by atoms with Gasteiger partial charge in [-0.15, -0.1) is 0 Å². The molecular formula is C25H28O6. The zero-order valence-electron chi connectivity index (χ0n) is 18.3. The third-order valence-corrected chi connectivity index (χ3v) is 4.89. The van der Waals surface area contributed by atoms with Crippen molar-refractivity contribution in [3.05, 3.63) is 58.7 Å². The van der Waals surface area contributed by atoms with Gasteiger partial charge in [-0.25, -0.2) is 0 Å². The predicted molar refractivity (Wildman–Crippen MR) is 121 cm³/mol. The number of phenolic OH excluding ortho intramolecular Hbond substituents is 2. The summed E-state index contributed by atoms with van der Waals surface area (Å²) in [5, 5.41) is 19.8. The molecule has 0 fully saturated rings. The van der Waals surface area contributed by atoms with Gasteiger partial charge in [0.2, 0.25) is 0 Å². The molecule has 0 aliphatic carbocycles. The molecular weight excluding hydrogens is 396 g/mol. The zero-order valence-corrected chi connectivity index (χ0v) is 18.3. The van der Waals surface area contributed by atoms with Crippen molar-refractivity contribution >= 4 is 23.7 Å². The number of rotatable bonds is 10. The van der Waals surface area contributed by atoms with Gasteiger partial charge in [0.25, 0.3) is 0 Å². The highest BCUT2D eigenvalue weighted by atomic mass is 16.5. The van der Waals surface area contributed by atoms with E-state index in [1.54, 1.807) is 36.4 Å². The summed E-state index contributed by atoms with van der Waals surface area (Å²) in [7, 11) is 2.91. The lowest BCUT2D eigenvalue weighted by Crippen LogP contribution is -2.02. The van der Waals surface area contributed by atoms with E-state index in [-0.39, 0.29) is 29.5 Å². The molecule has 0 radical (unpaired) electrons. The Labute approximate surface area is 182 Å². The summed E-state index contributed by atoms with van der Waals surface area (Å²) in [5.74, 6) is 0.0603. The van der Waals surface area contributed by atoms with Crippen molar-refractivity contribution in [2.24, 2.45) is 0 Å². The van der Waals surface area contributed by atoms with Crippen molar-refractivity contribution in [2.45, 2.75) is 33.1 Å². The molecule has 0 amide bonds. The first kappa shape index (κ1) is 23.7. The zero-order chi connectivity index (χ0) is 23.0. The highest BCUT2D eigenvalue weighted by molar-refractivity contribution is 6.11. The summed E-state index contributed by atoms with van der Waals surface area (Å²) in [5.41, 5.74) is 3.22. The largest absolute Gasteiger partial charge is 0.504 e. The fourth-order valence-electron chi connectivity index (χ4n) is 3.16. The summed E-state index contributed by atoms with van der Waals surface area (Å²) < 4.78 is 10.2. The Morgan fingerprint density at radius 1 is 0.774 bits per heavy atom. The molecule has 31 heavy (non-hydrogen) atoms. The number of allylic oxidation sites excluding steroid dienone is 2. The molecule has 0 aliphatic rings. The minimum atomic E-state index is -0.331. The van der Waals surface area contributed by atoms with E-state index in [0.717, 1.165) is 22.3 Å². The van der Waals surface area contributed by atoms with E-state index in [4.69, 9.17) is 9.47 Å². The number of methoxy groups -OCH3 is 2. The number of hydrogen-bond donors (Lipinski definition) is 2. The maximum atomic E-state index is 12.3. The maximum Gasteiger partial charge on any atom is 0.163 e. The van der Waals surface area contributed by atoms with Crippen molar-refractivity contribution in [2.75, 3.05) is 14.2 Å². The van der Waals surface area contributed by atoms with Crippen LogP contribution in [0.3, 0.4) is 0 Å². The molecule has 0 saturated carbocycles. The van der Waals surface area contributed by atoms with E-state index < -0.39 is 0 Å². The topological polar surface area (TPSA) is 93.1 Å². The Morgan fingerprint density at radius 2 is 1.16 bits per heavy atom. The van der Waals surface area contributed by atoms with Gasteiger partial charge in [0.1, 0.15) is 0 Å². The molecule has 0 bridgehead atoms. The summed E-state index contributed by atoms with van der Waals surface area (Å²) in [6, 6.07) is 6.52. The maximum absolute atomic E-state index is 12.3.